The van der Waals surface area contributed by atoms with Gasteiger partial charge < -0.3 is 18.3 Å². The fourth-order valence-corrected chi connectivity index (χ4v) is 15.8. The summed E-state index contributed by atoms with van der Waals surface area (Å²) < 4.78 is 9.57. The predicted octanol–water partition coefficient (Wildman–Crippen LogP) is 24.5. The topological polar surface area (TPSA) is 45.5 Å². The second-order valence-electron chi connectivity index (χ2n) is 26.1. The highest BCUT2D eigenvalue weighted by molar-refractivity contribution is 6.15. The molecule has 0 aliphatic rings. The van der Waals surface area contributed by atoms with Crippen LogP contribution in [0.3, 0.4) is 0 Å². The Morgan fingerprint density at radius 2 is 0.470 bits per heavy atom. The molecule has 20 aromatic rings. The molecule has 0 unspecified atom stereocenters. The first kappa shape index (κ1) is 56.9. The smallest absolute Gasteiger partial charge is 0.160 e. The number of para-hydroxylation sites is 6. The molecule has 6 nitrogen and oxygen atoms in total. The molecule has 0 N–H and O–H groups in total. The van der Waals surface area contributed by atoms with E-state index in [9.17, 15) is 0 Å². The summed E-state index contributed by atoms with van der Waals surface area (Å²) in [5.74, 6) is 0.628. The van der Waals surface area contributed by atoms with Crippen LogP contribution in [0.25, 0.3) is 188 Å². The Morgan fingerprint density at radius 3 is 0.910 bits per heavy atom. The summed E-state index contributed by atoms with van der Waals surface area (Å²) in [6.07, 6.45) is 0. The number of hydrogen-bond donors (Lipinski definition) is 0. The molecule has 0 spiro atoms. The molecule has 5 heterocycles. The van der Waals surface area contributed by atoms with Crippen molar-refractivity contribution in [3.63, 3.8) is 0 Å². The lowest BCUT2D eigenvalue weighted by Gasteiger charge is -2.16. The number of benzene rings is 15. The van der Waals surface area contributed by atoms with Crippen molar-refractivity contribution in [3.8, 4) is 101 Å². The van der Waals surface area contributed by atoms with E-state index in [1.807, 2.05) is 0 Å². The zero-order chi connectivity index (χ0) is 65.8. The molecule has 20 rings (SSSR count). The van der Waals surface area contributed by atoms with Crippen molar-refractivity contribution in [1.29, 1.82) is 0 Å². The Kier molecular flexibility index (Phi) is 13.2. The van der Waals surface area contributed by atoms with Gasteiger partial charge in [0.05, 0.1) is 55.5 Å². The van der Waals surface area contributed by atoms with Crippen LogP contribution in [0, 0.1) is 0 Å². The Bertz CT molecular complexity index is 6300. The van der Waals surface area contributed by atoms with Crippen LogP contribution in [0.15, 0.2) is 364 Å². The summed E-state index contributed by atoms with van der Waals surface area (Å²) in [5.41, 5.74) is 27.3. The first-order valence-electron chi connectivity index (χ1n) is 34.2. The second-order valence-corrected chi connectivity index (χ2v) is 26.1. The maximum Gasteiger partial charge on any atom is 0.160 e. The predicted molar refractivity (Wildman–Crippen MR) is 417 cm³/mol. The van der Waals surface area contributed by atoms with Crippen LogP contribution >= 0.6 is 0 Å². The number of rotatable bonds is 11. The quantitative estimate of drug-likeness (QED) is 0.130. The molecule has 0 atom stereocenters. The zero-order valence-corrected chi connectivity index (χ0v) is 54.3. The molecule has 0 radical (unpaired) electrons. The monoisotopic (exact) mass is 1270 g/mol. The van der Waals surface area contributed by atoms with E-state index in [-0.39, 0.29) is 0 Å². The first-order valence-corrected chi connectivity index (χ1v) is 34.2. The van der Waals surface area contributed by atoms with Crippen LogP contribution < -0.4 is 0 Å². The molecule has 0 aliphatic carbocycles. The Balaban J connectivity index is 0.726. The van der Waals surface area contributed by atoms with E-state index in [4.69, 9.17) is 9.97 Å². The van der Waals surface area contributed by atoms with E-state index in [2.05, 4.69) is 382 Å². The van der Waals surface area contributed by atoms with Gasteiger partial charge in [0.15, 0.2) is 5.82 Å². The highest BCUT2D eigenvalue weighted by Crippen LogP contribution is 2.44. The van der Waals surface area contributed by atoms with E-state index in [1.54, 1.807) is 0 Å². The van der Waals surface area contributed by atoms with Crippen molar-refractivity contribution < 1.29 is 0 Å². The van der Waals surface area contributed by atoms with Gasteiger partial charge in [0.2, 0.25) is 0 Å². The van der Waals surface area contributed by atoms with Gasteiger partial charge in [-0.25, -0.2) is 9.97 Å². The normalized spacial score (nSPS) is 11.8. The van der Waals surface area contributed by atoms with Crippen LogP contribution in [0.1, 0.15) is 0 Å². The van der Waals surface area contributed by atoms with Gasteiger partial charge in [-0.05, 0) is 178 Å². The van der Waals surface area contributed by atoms with Crippen LogP contribution in [-0.2, 0) is 0 Å². The second kappa shape index (κ2) is 23.2. The average Bonchev–Trinajstić information content (AvgIpc) is 1.59. The van der Waals surface area contributed by atoms with Gasteiger partial charge in [-0.3, -0.25) is 0 Å². The van der Waals surface area contributed by atoms with E-state index >= 15 is 0 Å². The van der Waals surface area contributed by atoms with Crippen molar-refractivity contribution in [2.75, 3.05) is 0 Å². The van der Waals surface area contributed by atoms with Crippen LogP contribution in [0.5, 0.6) is 0 Å². The minimum atomic E-state index is 0.628. The third-order valence-corrected chi connectivity index (χ3v) is 20.4. The van der Waals surface area contributed by atoms with Gasteiger partial charge in [-0.2, -0.15) is 0 Å². The molecule has 100 heavy (non-hydrogen) atoms. The Labute approximate surface area is 577 Å². The van der Waals surface area contributed by atoms with E-state index in [0.717, 1.165) is 101 Å². The molecular formula is C94H60N6. The summed E-state index contributed by atoms with van der Waals surface area (Å²) in [6.45, 7) is 0. The average molecular weight is 1270 g/mol. The van der Waals surface area contributed by atoms with Crippen molar-refractivity contribution in [1.82, 2.24) is 28.2 Å². The summed E-state index contributed by atoms with van der Waals surface area (Å²) in [5, 5.41) is 9.67. The summed E-state index contributed by atoms with van der Waals surface area (Å²) in [6, 6.07) is 132. The lowest BCUT2D eigenvalue weighted by Crippen LogP contribution is -2.00. The largest absolute Gasteiger partial charge is 0.309 e. The lowest BCUT2D eigenvalue weighted by molar-refractivity contribution is 1.15. The molecule has 6 heteroatoms. The fraction of sp³-hybridized carbons (Fsp3) is 0. The zero-order valence-electron chi connectivity index (χ0n) is 54.3. The molecular weight excluding hydrogens is 1210 g/mol. The number of hydrogen-bond acceptors (Lipinski definition) is 2. The first-order chi connectivity index (χ1) is 49.6. The molecule has 0 bridgehead atoms. The van der Waals surface area contributed by atoms with Gasteiger partial charge in [-0.15, -0.1) is 0 Å². The van der Waals surface area contributed by atoms with Crippen molar-refractivity contribution in [2.45, 2.75) is 0 Å². The summed E-state index contributed by atoms with van der Waals surface area (Å²) >= 11 is 0. The molecule has 466 valence electrons. The Morgan fingerprint density at radius 1 is 0.160 bits per heavy atom. The van der Waals surface area contributed by atoms with Gasteiger partial charge in [0, 0.05) is 82.5 Å². The highest BCUT2D eigenvalue weighted by Gasteiger charge is 2.22. The number of fused-ring (bicyclic) bond motifs is 12. The van der Waals surface area contributed by atoms with Crippen LogP contribution in [-0.4, -0.2) is 28.2 Å². The lowest BCUT2D eigenvalue weighted by atomic mass is 9.92. The van der Waals surface area contributed by atoms with Crippen molar-refractivity contribution >= 4 is 87.2 Å². The number of nitrogens with zero attached hydrogens (tertiary/aromatic N) is 6. The van der Waals surface area contributed by atoms with Gasteiger partial charge >= 0.3 is 0 Å². The molecule has 0 saturated heterocycles. The molecule has 0 saturated carbocycles. The minimum absolute atomic E-state index is 0.628. The molecule has 5 aromatic heterocycles. The van der Waals surface area contributed by atoms with Gasteiger partial charge in [0.1, 0.15) is 0 Å². The number of aromatic nitrogens is 6. The molecule has 0 aliphatic heterocycles. The molecule has 15 aromatic carbocycles. The SMILES string of the molecule is c1ccc(-c2ccc(-c3ccccc3)c(-c3cc(-c4cccc(-n5c6ccccc6c6cc(-c7ccc8c(c7)c7ccccc7n8-c7ccccc7)ccc65)c4)nc(-c4cccc(-n5c6ccccc6c6cc(-c7ccc8c(c7)c7ccccc7n8-c7ccccc7)ccc65)c4)n3)c2)cc1. The summed E-state index contributed by atoms with van der Waals surface area (Å²) in [7, 11) is 0. The third kappa shape index (κ3) is 9.34. The maximum absolute atomic E-state index is 5.68. The molecule has 0 fully saturated rings. The van der Waals surface area contributed by atoms with Crippen molar-refractivity contribution in [2.24, 2.45) is 0 Å². The van der Waals surface area contributed by atoms with Gasteiger partial charge in [0.25, 0.3) is 0 Å². The van der Waals surface area contributed by atoms with E-state index in [0.29, 0.717) is 5.82 Å². The van der Waals surface area contributed by atoms with E-state index in [1.165, 1.54) is 81.8 Å². The van der Waals surface area contributed by atoms with Crippen LogP contribution in [0.2, 0.25) is 0 Å². The third-order valence-electron chi connectivity index (χ3n) is 20.4. The van der Waals surface area contributed by atoms with Crippen LogP contribution in [0.4, 0.5) is 0 Å². The standard InChI is InChI=1S/C94H60N6/c1-5-23-61(24-6-1)63-43-48-74(62-25-7-2-8-26-62)79(55-63)85-60-84(68-27-21-33-72(53-68)99-88-41-19-15-37-77(88)82-58-66(46-51-92(82)99)64-44-49-90-80(56-64)75-35-13-17-39-86(75)97(90)70-29-9-3-10-30-70)95-94(96-85)69-28-22-34-73(54-69)100-89-42-20-16-38-78(89)83-59-67(47-52-93(83)100)65-45-50-91-81(57-65)76-36-14-18-40-87(76)98(91)71-31-11-4-12-32-71/h1-60H. The fourth-order valence-electron chi connectivity index (χ4n) is 15.8. The maximum atomic E-state index is 5.68. The summed E-state index contributed by atoms with van der Waals surface area (Å²) in [4.78, 5) is 11.3. The van der Waals surface area contributed by atoms with Gasteiger partial charge in [-0.1, -0.05) is 231 Å². The highest BCUT2D eigenvalue weighted by atomic mass is 15.0. The Hall–Kier alpha value is -13.4. The minimum Gasteiger partial charge on any atom is -0.309 e. The van der Waals surface area contributed by atoms with E-state index < -0.39 is 0 Å². The van der Waals surface area contributed by atoms with Crippen molar-refractivity contribution in [3.05, 3.63) is 364 Å². The molecule has 0 amide bonds.